The molecule has 10 nitrogen and oxygen atoms in total. The summed E-state index contributed by atoms with van der Waals surface area (Å²) < 4.78 is 3.28. The Hall–Kier alpha value is -4.61. The first-order valence-electron chi connectivity index (χ1n) is 16.1. The summed E-state index contributed by atoms with van der Waals surface area (Å²) in [6, 6.07) is 17.7. The maximum absolute atomic E-state index is 14.1. The molecule has 2 aliphatic heterocycles. The van der Waals surface area contributed by atoms with Crippen molar-refractivity contribution >= 4 is 34.2 Å². The largest absolute Gasteiger partial charge is 0.388 e. The van der Waals surface area contributed by atoms with E-state index in [2.05, 4.69) is 9.97 Å². The van der Waals surface area contributed by atoms with Crippen LogP contribution < -0.4 is 5.56 Å². The summed E-state index contributed by atoms with van der Waals surface area (Å²) in [6.07, 6.45) is 6.38. The quantitative estimate of drug-likeness (QED) is 0.290. The molecule has 47 heavy (non-hydrogen) atoms. The molecule has 0 saturated carbocycles. The number of rotatable bonds is 6. The van der Waals surface area contributed by atoms with Gasteiger partial charge >= 0.3 is 0 Å². The number of aromatic nitrogens is 4. The highest BCUT2D eigenvalue weighted by atomic mass is 32.1. The van der Waals surface area contributed by atoms with E-state index in [1.807, 2.05) is 83.9 Å². The second-order valence-corrected chi connectivity index (χ2v) is 13.8. The van der Waals surface area contributed by atoms with Crippen LogP contribution in [0.2, 0.25) is 0 Å². The Morgan fingerprint density at radius 3 is 2.53 bits per heavy atom. The number of pyridine rings is 1. The van der Waals surface area contributed by atoms with Crippen molar-refractivity contribution < 1.29 is 14.7 Å². The summed E-state index contributed by atoms with van der Waals surface area (Å²) >= 11 is 1.44. The number of aliphatic hydroxyl groups is 1. The van der Waals surface area contributed by atoms with Gasteiger partial charge in [-0.3, -0.25) is 23.9 Å². The van der Waals surface area contributed by atoms with Crippen LogP contribution in [0.3, 0.4) is 0 Å². The van der Waals surface area contributed by atoms with Crippen molar-refractivity contribution in [3.8, 4) is 11.1 Å². The number of hydrogen-bond acceptors (Lipinski definition) is 7. The first kappa shape index (κ1) is 31.0. The third-order valence-corrected chi connectivity index (χ3v) is 10.8. The van der Waals surface area contributed by atoms with Crippen molar-refractivity contribution in [1.82, 2.24) is 28.9 Å². The predicted molar refractivity (Wildman–Crippen MR) is 181 cm³/mol. The summed E-state index contributed by atoms with van der Waals surface area (Å²) in [6.45, 7) is 3.79. The molecule has 0 spiro atoms. The molecule has 11 heteroatoms. The third-order valence-electron chi connectivity index (χ3n) is 9.85. The van der Waals surface area contributed by atoms with E-state index in [-0.39, 0.29) is 35.8 Å². The molecule has 2 amide bonds. The van der Waals surface area contributed by atoms with Gasteiger partial charge in [-0.15, -0.1) is 11.3 Å². The SMILES string of the molecule is Cc1ccc(-c2ccsc2C(=O)N2CC[C@@H](C(=O)N3CCC(O)(Cn4cnc5c(ccn5C)c4=O)CC3)[C@H](c3ccccc3)C2)cn1. The number of hydrogen-bond donors (Lipinski definition) is 1. The summed E-state index contributed by atoms with van der Waals surface area (Å²) in [5.41, 5.74) is 3.06. The maximum atomic E-state index is 14.1. The first-order valence-corrected chi connectivity index (χ1v) is 17.0. The van der Waals surface area contributed by atoms with Crippen LogP contribution in [-0.4, -0.2) is 77.6 Å². The highest BCUT2D eigenvalue weighted by Crippen LogP contribution is 2.37. The first-order chi connectivity index (χ1) is 22.7. The van der Waals surface area contributed by atoms with Crippen LogP contribution >= 0.6 is 11.3 Å². The molecular weight excluding hydrogens is 613 g/mol. The number of fused-ring (bicyclic) bond motifs is 1. The predicted octanol–water partition coefficient (Wildman–Crippen LogP) is 4.47. The molecule has 1 aromatic carbocycles. The van der Waals surface area contributed by atoms with Crippen LogP contribution in [0.25, 0.3) is 22.2 Å². The number of thiophene rings is 1. The molecular formula is C36H38N6O4S. The van der Waals surface area contributed by atoms with Crippen molar-refractivity contribution in [2.75, 3.05) is 26.2 Å². The van der Waals surface area contributed by atoms with Gasteiger partial charge in [0.2, 0.25) is 5.91 Å². The molecule has 0 unspecified atom stereocenters. The zero-order chi connectivity index (χ0) is 32.7. The minimum atomic E-state index is -1.12. The molecule has 0 radical (unpaired) electrons. The topological polar surface area (TPSA) is 114 Å². The number of nitrogens with zero attached hydrogens (tertiary/aromatic N) is 6. The normalized spacial score (nSPS) is 19.6. The Morgan fingerprint density at radius 2 is 1.79 bits per heavy atom. The second kappa shape index (κ2) is 12.5. The molecule has 6 heterocycles. The molecule has 4 aromatic heterocycles. The van der Waals surface area contributed by atoms with Crippen LogP contribution in [0.1, 0.15) is 46.1 Å². The van der Waals surface area contributed by atoms with Crippen molar-refractivity contribution in [3.63, 3.8) is 0 Å². The van der Waals surface area contributed by atoms with E-state index in [0.717, 1.165) is 22.4 Å². The van der Waals surface area contributed by atoms with Crippen LogP contribution in [0.5, 0.6) is 0 Å². The van der Waals surface area contributed by atoms with Gasteiger partial charge in [0.05, 0.1) is 22.4 Å². The second-order valence-electron chi connectivity index (χ2n) is 12.9. The van der Waals surface area contributed by atoms with Crippen LogP contribution in [0, 0.1) is 12.8 Å². The van der Waals surface area contributed by atoms with E-state index in [1.165, 1.54) is 22.2 Å². The monoisotopic (exact) mass is 650 g/mol. The molecule has 2 fully saturated rings. The summed E-state index contributed by atoms with van der Waals surface area (Å²) in [4.78, 5) is 54.4. The van der Waals surface area contributed by atoms with Gasteiger partial charge < -0.3 is 19.5 Å². The van der Waals surface area contributed by atoms with Gasteiger partial charge in [-0.1, -0.05) is 36.4 Å². The smallest absolute Gasteiger partial charge is 0.264 e. The number of carbonyl (C=O) groups excluding carboxylic acids is 2. The lowest BCUT2D eigenvalue weighted by Gasteiger charge is -2.43. The molecule has 2 aliphatic rings. The van der Waals surface area contributed by atoms with Gasteiger partial charge in [-0.2, -0.15) is 0 Å². The van der Waals surface area contributed by atoms with Crippen molar-refractivity contribution in [3.05, 3.63) is 105 Å². The van der Waals surface area contributed by atoms with E-state index in [1.54, 1.807) is 16.8 Å². The van der Waals surface area contributed by atoms with Crippen LogP contribution in [-0.2, 0) is 18.4 Å². The van der Waals surface area contributed by atoms with Crippen molar-refractivity contribution in [2.45, 2.75) is 44.2 Å². The standard InChI is InChI=1S/C36H38N6O4S/c1-24-8-9-26(20-37-24)27-12-19-47-31(27)35(45)41-16-11-28(30(21-41)25-6-4-3-5-7-25)33(43)40-17-13-36(46,14-18-40)22-42-23-38-32-29(34(42)44)10-15-39(32)2/h3-10,12,15,19-20,23,28,30,46H,11,13-14,16-18,21-22H2,1-2H3/t28-,30+/m1/s1. The fourth-order valence-corrected chi connectivity index (χ4v) is 7.97. The van der Waals surface area contributed by atoms with E-state index in [4.69, 9.17) is 0 Å². The Balaban J connectivity index is 1.06. The number of amides is 2. The minimum absolute atomic E-state index is 0.0242. The maximum Gasteiger partial charge on any atom is 0.264 e. The molecule has 0 bridgehead atoms. The van der Waals surface area contributed by atoms with E-state index in [0.29, 0.717) is 61.4 Å². The summed E-state index contributed by atoms with van der Waals surface area (Å²) in [5, 5.41) is 14.0. The average Bonchev–Trinajstić information content (AvgIpc) is 3.74. The van der Waals surface area contributed by atoms with E-state index < -0.39 is 5.60 Å². The molecule has 1 N–H and O–H groups in total. The lowest BCUT2D eigenvalue weighted by atomic mass is 9.79. The molecule has 7 rings (SSSR count). The highest BCUT2D eigenvalue weighted by molar-refractivity contribution is 7.12. The fourth-order valence-electron chi connectivity index (χ4n) is 7.09. The Kier molecular flexibility index (Phi) is 8.27. The molecule has 5 aromatic rings. The van der Waals surface area contributed by atoms with Crippen molar-refractivity contribution in [1.29, 1.82) is 0 Å². The number of likely N-dealkylation sites (tertiary alicyclic amines) is 2. The summed E-state index contributed by atoms with van der Waals surface area (Å²) in [7, 11) is 1.84. The Morgan fingerprint density at radius 1 is 1.00 bits per heavy atom. The Labute approximate surface area is 276 Å². The lowest BCUT2D eigenvalue weighted by molar-refractivity contribution is -0.142. The van der Waals surface area contributed by atoms with E-state index >= 15 is 0 Å². The molecule has 2 saturated heterocycles. The summed E-state index contributed by atoms with van der Waals surface area (Å²) in [5.74, 6) is -0.415. The third kappa shape index (κ3) is 6.01. The molecule has 2 atom stereocenters. The van der Waals surface area contributed by atoms with Crippen LogP contribution in [0.4, 0.5) is 0 Å². The lowest BCUT2D eigenvalue weighted by Crippen LogP contribution is -2.53. The number of aryl methyl sites for hydroxylation is 2. The van der Waals surface area contributed by atoms with Gasteiger partial charge in [0.25, 0.3) is 11.5 Å². The number of benzene rings is 1. The van der Waals surface area contributed by atoms with Gasteiger partial charge in [-0.05, 0) is 55.3 Å². The average molecular weight is 651 g/mol. The van der Waals surface area contributed by atoms with Gasteiger partial charge in [0.1, 0.15) is 12.0 Å². The van der Waals surface area contributed by atoms with Gasteiger partial charge in [0.15, 0.2) is 0 Å². The number of carbonyl (C=O) groups is 2. The van der Waals surface area contributed by atoms with Crippen LogP contribution in [0.15, 0.2) is 83.5 Å². The van der Waals surface area contributed by atoms with E-state index in [9.17, 15) is 19.5 Å². The Bertz CT molecular complexity index is 1970. The molecule has 0 aliphatic carbocycles. The zero-order valence-electron chi connectivity index (χ0n) is 26.6. The minimum Gasteiger partial charge on any atom is -0.388 e. The van der Waals surface area contributed by atoms with Gasteiger partial charge in [-0.25, -0.2) is 4.98 Å². The van der Waals surface area contributed by atoms with Gasteiger partial charge in [0, 0.05) is 74.3 Å². The fraction of sp³-hybridized carbons (Fsp3) is 0.361. The highest BCUT2D eigenvalue weighted by Gasteiger charge is 2.42. The van der Waals surface area contributed by atoms with Crippen molar-refractivity contribution in [2.24, 2.45) is 13.0 Å². The number of piperidine rings is 2. The zero-order valence-corrected chi connectivity index (χ0v) is 27.4. The molecule has 242 valence electrons.